The van der Waals surface area contributed by atoms with Crippen LogP contribution in [0.5, 0.6) is 0 Å². The van der Waals surface area contributed by atoms with Crippen molar-refractivity contribution in [3.05, 3.63) is 29.6 Å². The average Bonchev–Trinajstić information content (AvgIpc) is 2.51. The fourth-order valence-corrected chi connectivity index (χ4v) is 3.71. The first kappa shape index (κ1) is 15.3. The highest BCUT2D eigenvalue weighted by Gasteiger charge is 2.26. The molecule has 4 heteroatoms. The number of aryl methyl sites for hydroxylation is 1. The van der Waals surface area contributed by atoms with E-state index >= 15 is 0 Å². The van der Waals surface area contributed by atoms with Gasteiger partial charge in [0.2, 0.25) is 5.91 Å². The molecule has 0 radical (unpaired) electrons. The molecule has 1 aromatic rings. The predicted octanol–water partition coefficient (Wildman–Crippen LogP) is 3.42. The Hall–Kier alpha value is -1.58. The van der Waals surface area contributed by atoms with Gasteiger partial charge in [-0.2, -0.15) is 0 Å². The number of anilines is 1. The first-order chi connectivity index (χ1) is 10.6. The average molecular weight is 304 g/mol. The van der Waals surface area contributed by atoms with E-state index in [1.54, 1.807) is 6.07 Å². The third kappa shape index (κ3) is 3.42. The molecular weight excluding hydrogens is 279 g/mol. The standard InChI is InChI=1S/C18H25FN2O/c1-13-7-8-14-11-15(19)9-10-17(14)21(13)12-18(22)20-16-5-3-2-4-6-16/h9-11,13,16H,2-8,12H2,1H3,(H,20,22). The van der Waals surface area contributed by atoms with Gasteiger partial charge in [0.05, 0.1) is 6.54 Å². The van der Waals surface area contributed by atoms with Crippen molar-refractivity contribution in [2.45, 2.75) is 64.0 Å². The zero-order valence-electron chi connectivity index (χ0n) is 13.3. The smallest absolute Gasteiger partial charge is 0.239 e. The molecule has 0 spiro atoms. The van der Waals surface area contributed by atoms with Crippen molar-refractivity contribution in [1.29, 1.82) is 0 Å². The van der Waals surface area contributed by atoms with Crippen LogP contribution >= 0.6 is 0 Å². The number of fused-ring (bicyclic) bond motifs is 1. The van der Waals surface area contributed by atoms with Gasteiger partial charge < -0.3 is 10.2 Å². The topological polar surface area (TPSA) is 32.3 Å². The third-order valence-corrected chi connectivity index (χ3v) is 5.00. The van der Waals surface area contributed by atoms with Crippen molar-refractivity contribution in [3.63, 3.8) is 0 Å². The van der Waals surface area contributed by atoms with Gasteiger partial charge in [-0.1, -0.05) is 19.3 Å². The normalized spacial score (nSPS) is 22.3. The summed E-state index contributed by atoms with van der Waals surface area (Å²) >= 11 is 0. The Morgan fingerprint density at radius 2 is 2.05 bits per heavy atom. The molecule has 1 aliphatic heterocycles. The monoisotopic (exact) mass is 304 g/mol. The van der Waals surface area contributed by atoms with Crippen LogP contribution in [0.25, 0.3) is 0 Å². The lowest BCUT2D eigenvalue weighted by atomic mass is 9.95. The highest BCUT2D eigenvalue weighted by atomic mass is 19.1. The van der Waals surface area contributed by atoms with Crippen LogP contribution in [0.3, 0.4) is 0 Å². The van der Waals surface area contributed by atoms with Gasteiger partial charge in [0, 0.05) is 17.8 Å². The van der Waals surface area contributed by atoms with Crippen molar-refractivity contribution in [2.75, 3.05) is 11.4 Å². The van der Waals surface area contributed by atoms with Crippen LogP contribution in [0.2, 0.25) is 0 Å². The van der Waals surface area contributed by atoms with E-state index in [9.17, 15) is 9.18 Å². The van der Waals surface area contributed by atoms with Crippen molar-refractivity contribution in [2.24, 2.45) is 0 Å². The number of rotatable bonds is 3. The van der Waals surface area contributed by atoms with Gasteiger partial charge in [-0.25, -0.2) is 4.39 Å². The first-order valence-corrected chi connectivity index (χ1v) is 8.48. The largest absolute Gasteiger partial charge is 0.359 e. The highest BCUT2D eigenvalue weighted by Crippen LogP contribution is 2.31. The summed E-state index contributed by atoms with van der Waals surface area (Å²) < 4.78 is 13.4. The molecular formula is C18H25FN2O. The Balaban J connectivity index is 1.67. The van der Waals surface area contributed by atoms with E-state index in [1.165, 1.54) is 25.3 Å². The number of carbonyl (C=O) groups is 1. The molecule has 1 aromatic carbocycles. The molecule has 2 aliphatic rings. The van der Waals surface area contributed by atoms with E-state index in [0.29, 0.717) is 18.6 Å². The second-order valence-corrected chi connectivity index (χ2v) is 6.69. The Bertz CT molecular complexity index is 540. The lowest BCUT2D eigenvalue weighted by molar-refractivity contribution is -0.120. The van der Waals surface area contributed by atoms with Gasteiger partial charge in [0.25, 0.3) is 0 Å². The molecule has 120 valence electrons. The Morgan fingerprint density at radius 3 is 2.82 bits per heavy atom. The molecule has 1 fully saturated rings. The fourth-order valence-electron chi connectivity index (χ4n) is 3.71. The molecule has 1 N–H and O–H groups in total. The Kier molecular flexibility index (Phi) is 4.65. The molecule has 1 amide bonds. The first-order valence-electron chi connectivity index (χ1n) is 8.48. The third-order valence-electron chi connectivity index (χ3n) is 5.00. The number of nitrogens with one attached hydrogen (secondary N) is 1. The fraction of sp³-hybridized carbons (Fsp3) is 0.611. The summed E-state index contributed by atoms with van der Waals surface area (Å²) in [5, 5.41) is 3.17. The summed E-state index contributed by atoms with van der Waals surface area (Å²) in [6.45, 7) is 2.51. The maximum Gasteiger partial charge on any atom is 0.239 e. The quantitative estimate of drug-likeness (QED) is 0.928. The lowest BCUT2D eigenvalue weighted by Crippen LogP contribution is -2.47. The van der Waals surface area contributed by atoms with Crippen LogP contribution in [0.1, 0.15) is 51.0 Å². The van der Waals surface area contributed by atoms with Crippen LogP contribution < -0.4 is 10.2 Å². The van der Waals surface area contributed by atoms with Crippen molar-refractivity contribution >= 4 is 11.6 Å². The van der Waals surface area contributed by atoms with E-state index in [0.717, 1.165) is 36.9 Å². The minimum Gasteiger partial charge on any atom is -0.359 e. The molecule has 1 unspecified atom stereocenters. The summed E-state index contributed by atoms with van der Waals surface area (Å²) in [6, 6.07) is 5.56. The van der Waals surface area contributed by atoms with Gasteiger partial charge in [0.15, 0.2) is 0 Å². The molecule has 0 bridgehead atoms. The summed E-state index contributed by atoms with van der Waals surface area (Å²) in [5.41, 5.74) is 2.03. The van der Waals surface area contributed by atoms with Gasteiger partial charge in [-0.15, -0.1) is 0 Å². The van der Waals surface area contributed by atoms with E-state index in [4.69, 9.17) is 0 Å². The zero-order chi connectivity index (χ0) is 15.5. The zero-order valence-corrected chi connectivity index (χ0v) is 13.3. The minimum atomic E-state index is -0.195. The van der Waals surface area contributed by atoms with Gasteiger partial charge >= 0.3 is 0 Å². The molecule has 22 heavy (non-hydrogen) atoms. The van der Waals surface area contributed by atoms with E-state index < -0.39 is 0 Å². The van der Waals surface area contributed by atoms with Gasteiger partial charge in [-0.05, 0) is 56.4 Å². The van der Waals surface area contributed by atoms with Crippen molar-refractivity contribution in [1.82, 2.24) is 5.32 Å². The predicted molar refractivity (Wildman–Crippen MR) is 86.5 cm³/mol. The molecule has 1 saturated carbocycles. The van der Waals surface area contributed by atoms with Gasteiger partial charge in [-0.3, -0.25) is 4.79 Å². The number of carbonyl (C=O) groups excluding carboxylic acids is 1. The van der Waals surface area contributed by atoms with Crippen LogP contribution in [-0.4, -0.2) is 24.5 Å². The molecule has 0 saturated heterocycles. The molecule has 3 rings (SSSR count). The number of benzene rings is 1. The second kappa shape index (κ2) is 6.67. The number of hydrogen-bond donors (Lipinski definition) is 1. The Morgan fingerprint density at radius 1 is 1.27 bits per heavy atom. The number of halogens is 1. The van der Waals surface area contributed by atoms with E-state index in [-0.39, 0.29) is 11.7 Å². The van der Waals surface area contributed by atoms with E-state index in [2.05, 4.69) is 17.1 Å². The molecule has 1 atom stereocenters. The Labute approximate surface area is 131 Å². The summed E-state index contributed by atoms with van der Waals surface area (Å²) in [7, 11) is 0. The van der Waals surface area contributed by atoms with Crippen molar-refractivity contribution < 1.29 is 9.18 Å². The SMILES string of the molecule is CC1CCc2cc(F)ccc2N1CC(=O)NC1CCCCC1. The molecule has 1 aliphatic carbocycles. The van der Waals surface area contributed by atoms with Crippen LogP contribution in [-0.2, 0) is 11.2 Å². The molecule has 3 nitrogen and oxygen atoms in total. The van der Waals surface area contributed by atoms with Crippen LogP contribution in [0, 0.1) is 5.82 Å². The van der Waals surface area contributed by atoms with Crippen molar-refractivity contribution in [3.8, 4) is 0 Å². The second-order valence-electron chi connectivity index (χ2n) is 6.69. The number of nitrogens with zero attached hydrogens (tertiary/aromatic N) is 1. The summed E-state index contributed by atoms with van der Waals surface area (Å²) in [5.74, 6) is -0.101. The van der Waals surface area contributed by atoms with E-state index in [1.807, 2.05) is 6.07 Å². The van der Waals surface area contributed by atoms with Crippen LogP contribution in [0.4, 0.5) is 10.1 Å². The summed E-state index contributed by atoms with van der Waals surface area (Å²) in [6.07, 6.45) is 7.77. The van der Waals surface area contributed by atoms with Gasteiger partial charge in [0.1, 0.15) is 5.82 Å². The summed E-state index contributed by atoms with van der Waals surface area (Å²) in [4.78, 5) is 14.5. The maximum atomic E-state index is 13.4. The van der Waals surface area contributed by atoms with Crippen LogP contribution in [0.15, 0.2) is 18.2 Å². The highest BCUT2D eigenvalue weighted by molar-refractivity contribution is 5.82. The lowest BCUT2D eigenvalue weighted by Gasteiger charge is -2.37. The number of amides is 1. The molecule has 0 aromatic heterocycles. The number of hydrogen-bond acceptors (Lipinski definition) is 2. The molecule has 1 heterocycles. The maximum absolute atomic E-state index is 13.4. The minimum absolute atomic E-state index is 0.0934.